The van der Waals surface area contributed by atoms with Crippen LogP contribution in [0, 0.1) is 12.7 Å². The van der Waals surface area contributed by atoms with Crippen molar-refractivity contribution in [1.29, 1.82) is 0 Å². The van der Waals surface area contributed by atoms with E-state index >= 15 is 0 Å². The number of rotatable bonds is 4. The van der Waals surface area contributed by atoms with Crippen molar-refractivity contribution >= 4 is 27.3 Å². The van der Waals surface area contributed by atoms with Gasteiger partial charge in [0.05, 0.1) is 0 Å². The maximum atomic E-state index is 13.3. The molecule has 1 aromatic heterocycles. The first kappa shape index (κ1) is 12.7. The Hall–Kier alpha value is -0.710. The quantitative estimate of drug-likeness (QED) is 0.890. The Bertz CT molecular complexity index is 510. The van der Waals surface area contributed by atoms with Gasteiger partial charge < -0.3 is 5.32 Å². The van der Waals surface area contributed by atoms with E-state index in [1.807, 2.05) is 23.6 Å². The van der Waals surface area contributed by atoms with E-state index in [2.05, 4.69) is 21.2 Å². The summed E-state index contributed by atoms with van der Waals surface area (Å²) in [5.74, 6) is -0.137. The van der Waals surface area contributed by atoms with E-state index in [0.717, 1.165) is 16.6 Å². The van der Waals surface area contributed by atoms with Crippen LogP contribution in [0.1, 0.15) is 16.0 Å². The van der Waals surface area contributed by atoms with Gasteiger partial charge in [-0.15, -0.1) is 11.3 Å². The van der Waals surface area contributed by atoms with E-state index in [1.165, 1.54) is 4.88 Å². The fourth-order valence-corrected chi connectivity index (χ4v) is 2.98. The molecule has 17 heavy (non-hydrogen) atoms. The van der Waals surface area contributed by atoms with Crippen molar-refractivity contribution in [3.8, 4) is 0 Å². The Balaban J connectivity index is 1.90. The molecule has 1 heterocycles. The van der Waals surface area contributed by atoms with Crippen LogP contribution < -0.4 is 5.32 Å². The summed E-state index contributed by atoms with van der Waals surface area (Å²) in [4.78, 5) is 1.26. The first-order valence-electron chi connectivity index (χ1n) is 5.34. The first-order chi connectivity index (χ1) is 8.16. The molecule has 2 aromatic rings. The molecule has 4 heteroatoms. The molecule has 2 rings (SSSR count). The SMILES string of the molecule is Cc1ccc(CNCc2sccc2Br)cc1F. The molecule has 0 radical (unpaired) electrons. The normalized spacial score (nSPS) is 10.8. The van der Waals surface area contributed by atoms with Gasteiger partial charge in [0, 0.05) is 22.4 Å². The summed E-state index contributed by atoms with van der Waals surface area (Å²) in [6.07, 6.45) is 0. The van der Waals surface area contributed by atoms with Crippen LogP contribution in [0.5, 0.6) is 0 Å². The maximum absolute atomic E-state index is 13.3. The molecule has 0 fully saturated rings. The number of thiophene rings is 1. The summed E-state index contributed by atoms with van der Waals surface area (Å²) in [6, 6.07) is 7.39. The lowest BCUT2D eigenvalue weighted by molar-refractivity contribution is 0.611. The van der Waals surface area contributed by atoms with Gasteiger partial charge in [0.15, 0.2) is 0 Å². The average molecular weight is 314 g/mol. The summed E-state index contributed by atoms with van der Waals surface area (Å²) in [5, 5.41) is 5.35. The molecule has 1 nitrogen and oxygen atoms in total. The maximum Gasteiger partial charge on any atom is 0.126 e. The second kappa shape index (κ2) is 5.76. The Morgan fingerprint density at radius 1 is 1.29 bits per heavy atom. The summed E-state index contributed by atoms with van der Waals surface area (Å²) in [6.45, 7) is 3.25. The molecular weight excluding hydrogens is 301 g/mol. The van der Waals surface area contributed by atoms with Gasteiger partial charge in [-0.2, -0.15) is 0 Å². The highest BCUT2D eigenvalue weighted by molar-refractivity contribution is 9.10. The third-order valence-electron chi connectivity index (χ3n) is 2.54. The van der Waals surface area contributed by atoms with Gasteiger partial charge in [-0.25, -0.2) is 4.39 Å². The number of nitrogens with one attached hydrogen (secondary N) is 1. The summed E-state index contributed by atoms with van der Waals surface area (Å²) in [7, 11) is 0. The van der Waals surface area contributed by atoms with E-state index in [0.29, 0.717) is 12.1 Å². The van der Waals surface area contributed by atoms with Gasteiger partial charge in [0.2, 0.25) is 0 Å². The second-order valence-electron chi connectivity index (χ2n) is 3.88. The lowest BCUT2D eigenvalue weighted by atomic mass is 10.1. The van der Waals surface area contributed by atoms with E-state index in [-0.39, 0.29) is 5.82 Å². The number of hydrogen-bond donors (Lipinski definition) is 1. The smallest absolute Gasteiger partial charge is 0.126 e. The van der Waals surface area contributed by atoms with Crippen molar-refractivity contribution in [3.05, 3.63) is 55.9 Å². The molecule has 0 saturated carbocycles. The third-order valence-corrected chi connectivity index (χ3v) is 4.47. The zero-order chi connectivity index (χ0) is 12.3. The average Bonchev–Trinajstić information content (AvgIpc) is 2.70. The minimum absolute atomic E-state index is 0.137. The minimum Gasteiger partial charge on any atom is -0.308 e. The fourth-order valence-electron chi connectivity index (χ4n) is 1.52. The molecule has 1 aromatic carbocycles. The number of halogens is 2. The Morgan fingerprint density at radius 3 is 2.76 bits per heavy atom. The van der Waals surface area contributed by atoms with Crippen LogP contribution in [0.3, 0.4) is 0 Å². The van der Waals surface area contributed by atoms with Crippen molar-refractivity contribution in [3.63, 3.8) is 0 Å². The predicted molar refractivity (Wildman–Crippen MR) is 73.7 cm³/mol. The van der Waals surface area contributed by atoms with Crippen molar-refractivity contribution in [1.82, 2.24) is 5.32 Å². The van der Waals surface area contributed by atoms with E-state index < -0.39 is 0 Å². The van der Waals surface area contributed by atoms with E-state index in [1.54, 1.807) is 24.3 Å². The third kappa shape index (κ3) is 3.37. The molecule has 1 N–H and O–H groups in total. The number of aryl methyl sites for hydroxylation is 1. The van der Waals surface area contributed by atoms with Crippen LogP contribution in [0.15, 0.2) is 34.1 Å². The fraction of sp³-hybridized carbons (Fsp3) is 0.231. The highest BCUT2D eigenvalue weighted by Gasteiger charge is 2.02. The van der Waals surface area contributed by atoms with Gasteiger partial charge in [-0.3, -0.25) is 0 Å². The van der Waals surface area contributed by atoms with E-state index in [9.17, 15) is 4.39 Å². The van der Waals surface area contributed by atoms with Gasteiger partial charge in [0.25, 0.3) is 0 Å². The predicted octanol–water partition coefficient (Wildman–Crippen LogP) is 4.25. The molecule has 0 saturated heterocycles. The second-order valence-corrected chi connectivity index (χ2v) is 5.73. The van der Waals surface area contributed by atoms with Gasteiger partial charge >= 0.3 is 0 Å². The zero-order valence-electron chi connectivity index (χ0n) is 9.47. The lowest BCUT2D eigenvalue weighted by Gasteiger charge is -2.05. The molecule has 0 aliphatic rings. The van der Waals surface area contributed by atoms with Gasteiger partial charge in [0.1, 0.15) is 5.82 Å². The van der Waals surface area contributed by atoms with Crippen LogP contribution in [-0.4, -0.2) is 0 Å². The summed E-state index contributed by atoms with van der Waals surface area (Å²) in [5.41, 5.74) is 1.66. The highest BCUT2D eigenvalue weighted by atomic mass is 79.9. The molecule has 0 unspecified atom stereocenters. The van der Waals surface area contributed by atoms with Crippen molar-refractivity contribution in [2.75, 3.05) is 0 Å². The molecular formula is C13H13BrFNS. The first-order valence-corrected chi connectivity index (χ1v) is 7.01. The van der Waals surface area contributed by atoms with Crippen LogP contribution >= 0.6 is 27.3 Å². The van der Waals surface area contributed by atoms with Crippen molar-refractivity contribution < 1.29 is 4.39 Å². The zero-order valence-corrected chi connectivity index (χ0v) is 11.9. The molecule has 90 valence electrons. The Kier molecular flexibility index (Phi) is 4.31. The van der Waals surface area contributed by atoms with Crippen LogP contribution in [0.2, 0.25) is 0 Å². The highest BCUT2D eigenvalue weighted by Crippen LogP contribution is 2.22. The summed E-state index contributed by atoms with van der Waals surface area (Å²) >= 11 is 5.19. The minimum atomic E-state index is -0.137. The molecule has 0 aliphatic carbocycles. The molecule has 0 atom stereocenters. The molecule has 0 amide bonds. The van der Waals surface area contributed by atoms with Crippen molar-refractivity contribution in [2.24, 2.45) is 0 Å². The standard InChI is InChI=1S/C13H13BrFNS/c1-9-2-3-10(6-12(9)15)7-16-8-13-11(14)4-5-17-13/h2-6,16H,7-8H2,1H3. The van der Waals surface area contributed by atoms with Gasteiger partial charge in [-0.05, 0) is 51.5 Å². The van der Waals surface area contributed by atoms with Crippen molar-refractivity contribution in [2.45, 2.75) is 20.0 Å². The van der Waals surface area contributed by atoms with Crippen LogP contribution in [-0.2, 0) is 13.1 Å². The Labute approximate surface area is 113 Å². The van der Waals surface area contributed by atoms with Crippen LogP contribution in [0.4, 0.5) is 4.39 Å². The summed E-state index contributed by atoms with van der Waals surface area (Å²) < 4.78 is 14.4. The molecule has 0 spiro atoms. The monoisotopic (exact) mass is 313 g/mol. The molecule has 0 aliphatic heterocycles. The Morgan fingerprint density at radius 2 is 2.12 bits per heavy atom. The number of benzene rings is 1. The number of hydrogen-bond acceptors (Lipinski definition) is 2. The molecule has 0 bridgehead atoms. The van der Waals surface area contributed by atoms with Gasteiger partial charge in [-0.1, -0.05) is 12.1 Å². The topological polar surface area (TPSA) is 12.0 Å². The largest absolute Gasteiger partial charge is 0.308 e. The van der Waals surface area contributed by atoms with E-state index in [4.69, 9.17) is 0 Å². The lowest BCUT2D eigenvalue weighted by Crippen LogP contribution is -2.12. The van der Waals surface area contributed by atoms with Crippen LogP contribution in [0.25, 0.3) is 0 Å².